The molecule has 0 bridgehead atoms. The molecule has 2 aliphatic rings. The summed E-state index contributed by atoms with van der Waals surface area (Å²) in [6.07, 6.45) is 3.85. The van der Waals surface area contributed by atoms with E-state index in [-0.39, 0.29) is 11.8 Å². The zero-order valence-electron chi connectivity index (χ0n) is 14.2. The van der Waals surface area contributed by atoms with Crippen molar-refractivity contribution in [1.29, 1.82) is 0 Å². The maximum Gasteiger partial charge on any atom is 0.236 e. The van der Waals surface area contributed by atoms with Crippen molar-refractivity contribution >= 4 is 11.8 Å². The van der Waals surface area contributed by atoms with Crippen LogP contribution in [0.3, 0.4) is 0 Å². The summed E-state index contributed by atoms with van der Waals surface area (Å²) in [5, 5.41) is 3.02. The fraction of sp³-hybridized carbons (Fsp3) is 0.647. The first kappa shape index (κ1) is 17.0. The normalized spacial score (nSPS) is 19.2. The monoisotopic (exact) mass is 334 g/mol. The molecule has 1 aliphatic heterocycles. The number of amides is 2. The fourth-order valence-corrected chi connectivity index (χ4v) is 2.85. The van der Waals surface area contributed by atoms with Crippen LogP contribution in [0.1, 0.15) is 18.6 Å². The molecule has 7 nitrogen and oxygen atoms in total. The van der Waals surface area contributed by atoms with Crippen LogP contribution in [-0.2, 0) is 16.1 Å². The van der Waals surface area contributed by atoms with Crippen LogP contribution in [0.15, 0.2) is 22.8 Å². The number of carbonyl (C=O) groups excluding carboxylic acids is 2. The van der Waals surface area contributed by atoms with Crippen LogP contribution in [0, 0.1) is 0 Å². The third-order valence-electron chi connectivity index (χ3n) is 4.53. The van der Waals surface area contributed by atoms with Gasteiger partial charge in [-0.3, -0.25) is 19.4 Å². The molecule has 0 unspecified atom stereocenters. The van der Waals surface area contributed by atoms with Crippen molar-refractivity contribution in [1.82, 2.24) is 20.0 Å². The smallest absolute Gasteiger partial charge is 0.236 e. The summed E-state index contributed by atoms with van der Waals surface area (Å²) in [6, 6.07) is 4.11. The van der Waals surface area contributed by atoms with E-state index in [0.717, 1.165) is 44.8 Å². The van der Waals surface area contributed by atoms with Crippen LogP contribution in [0.2, 0.25) is 0 Å². The Kier molecular flexibility index (Phi) is 5.52. The molecule has 1 N–H and O–H groups in total. The van der Waals surface area contributed by atoms with E-state index in [4.69, 9.17) is 4.42 Å². The second kappa shape index (κ2) is 7.81. The summed E-state index contributed by atoms with van der Waals surface area (Å²) in [7, 11) is 1.79. The van der Waals surface area contributed by atoms with Crippen molar-refractivity contribution in [2.24, 2.45) is 0 Å². The Morgan fingerprint density at radius 2 is 1.88 bits per heavy atom. The van der Waals surface area contributed by atoms with Gasteiger partial charge in [-0.2, -0.15) is 0 Å². The number of likely N-dealkylation sites (N-methyl/N-ethyl adjacent to an activating group) is 1. The average molecular weight is 334 g/mol. The van der Waals surface area contributed by atoms with E-state index in [1.165, 1.54) is 0 Å². The molecule has 1 saturated carbocycles. The van der Waals surface area contributed by atoms with Gasteiger partial charge < -0.3 is 14.6 Å². The molecule has 2 heterocycles. The highest BCUT2D eigenvalue weighted by molar-refractivity contribution is 5.79. The van der Waals surface area contributed by atoms with E-state index in [2.05, 4.69) is 15.1 Å². The Morgan fingerprint density at radius 3 is 2.46 bits per heavy atom. The Bertz CT molecular complexity index is 548. The van der Waals surface area contributed by atoms with Crippen molar-refractivity contribution < 1.29 is 14.0 Å². The molecule has 1 aliphatic carbocycles. The van der Waals surface area contributed by atoms with Gasteiger partial charge in [0, 0.05) is 39.3 Å². The Hall–Kier alpha value is -1.86. The summed E-state index contributed by atoms with van der Waals surface area (Å²) in [5.74, 6) is 1.00. The van der Waals surface area contributed by atoms with Gasteiger partial charge >= 0.3 is 0 Å². The van der Waals surface area contributed by atoms with Crippen LogP contribution in [-0.4, -0.2) is 78.9 Å². The molecule has 0 spiro atoms. The molecular formula is C17H26N4O3. The zero-order chi connectivity index (χ0) is 16.9. The van der Waals surface area contributed by atoms with Crippen LogP contribution >= 0.6 is 0 Å². The highest BCUT2D eigenvalue weighted by Gasteiger charge is 2.26. The average Bonchev–Trinajstić information content (AvgIpc) is 3.21. The molecule has 0 atom stereocenters. The number of carbonyl (C=O) groups is 2. The lowest BCUT2D eigenvalue weighted by Crippen LogP contribution is -2.51. The van der Waals surface area contributed by atoms with E-state index in [1.807, 2.05) is 12.1 Å². The van der Waals surface area contributed by atoms with E-state index in [1.54, 1.807) is 18.2 Å². The molecule has 1 saturated heterocycles. The van der Waals surface area contributed by atoms with Crippen LogP contribution in [0.4, 0.5) is 0 Å². The topological polar surface area (TPSA) is 69.0 Å². The first-order chi connectivity index (χ1) is 11.6. The predicted octanol–water partition coefficient (Wildman–Crippen LogP) is 0.134. The molecule has 7 heteroatoms. The number of rotatable bonds is 7. The molecule has 132 valence electrons. The largest absolute Gasteiger partial charge is 0.467 e. The number of hydrogen-bond donors (Lipinski definition) is 1. The minimum atomic E-state index is 0.0892. The maximum absolute atomic E-state index is 12.3. The van der Waals surface area contributed by atoms with Gasteiger partial charge in [0.1, 0.15) is 5.76 Å². The van der Waals surface area contributed by atoms with Crippen LogP contribution < -0.4 is 5.32 Å². The van der Waals surface area contributed by atoms with Gasteiger partial charge in [-0.05, 0) is 25.0 Å². The number of nitrogens with zero attached hydrogens (tertiary/aromatic N) is 3. The summed E-state index contributed by atoms with van der Waals surface area (Å²) >= 11 is 0. The van der Waals surface area contributed by atoms with Gasteiger partial charge in [0.2, 0.25) is 11.8 Å². The van der Waals surface area contributed by atoms with Crippen molar-refractivity contribution in [2.75, 3.05) is 46.3 Å². The molecule has 1 aromatic rings. The molecular weight excluding hydrogens is 308 g/mol. The van der Waals surface area contributed by atoms with Gasteiger partial charge in [-0.1, -0.05) is 0 Å². The van der Waals surface area contributed by atoms with Gasteiger partial charge in [-0.15, -0.1) is 0 Å². The Morgan fingerprint density at radius 1 is 1.21 bits per heavy atom. The van der Waals surface area contributed by atoms with Gasteiger partial charge in [0.15, 0.2) is 0 Å². The third-order valence-corrected chi connectivity index (χ3v) is 4.53. The van der Waals surface area contributed by atoms with Gasteiger partial charge in [0.05, 0.1) is 25.9 Å². The highest BCUT2D eigenvalue weighted by Crippen LogP contribution is 2.18. The van der Waals surface area contributed by atoms with Crippen molar-refractivity contribution in [2.45, 2.75) is 25.4 Å². The maximum atomic E-state index is 12.3. The van der Waals surface area contributed by atoms with E-state index < -0.39 is 0 Å². The van der Waals surface area contributed by atoms with E-state index >= 15 is 0 Å². The number of piperazine rings is 1. The van der Waals surface area contributed by atoms with E-state index in [9.17, 15) is 9.59 Å². The number of nitrogens with one attached hydrogen (secondary N) is 1. The summed E-state index contributed by atoms with van der Waals surface area (Å²) in [6.45, 7) is 4.66. The first-order valence-electron chi connectivity index (χ1n) is 8.60. The predicted molar refractivity (Wildman–Crippen MR) is 89.2 cm³/mol. The standard InChI is InChI=1S/C17H26N4O3/c1-19(11-15-3-2-10-24-15)17(23)13-21-8-6-20(7-9-21)12-16(22)18-14-4-5-14/h2-3,10,14H,4-9,11-13H2,1H3,(H,18,22). The SMILES string of the molecule is CN(Cc1ccco1)C(=O)CN1CCN(CC(=O)NC2CC2)CC1. The first-order valence-corrected chi connectivity index (χ1v) is 8.60. The van der Waals surface area contributed by atoms with Crippen molar-refractivity contribution in [3.8, 4) is 0 Å². The summed E-state index contributed by atoms with van der Waals surface area (Å²) in [5.41, 5.74) is 0. The molecule has 2 amide bonds. The van der Waals surface area contributed by atoms with E-state index in [0.29, 0.717) is 25.7 Å². The zero-order valence-corrected chi connectivity index (χ0v) is 14.2. The van der Waals surface area contributed by atoms with Gasteiger partial charge in [0.25, 0.3) is 0 Å². The van der Waals surface area contributed by atoms with Crippen molar-refractivity contribution in [3.05, 3.63) is 24.2 Å². The lowest BCUT2D eigenvalue weighted by atomic mass is 10.3. The summed E-state index contributed by atoms with van der Waals surface area (Å²) < 4.78 is 5.28. The molecule has 0 aromatic carbocycles. The number of hydrogen-bond acceptors (Lipinski definition) is 5. The van der Waals surface area contributed by atoms with Gasteiger partial charge in [-0.25, -0.2) is 0 Å². The Labute approximate surface area is 142 Å². The number of furan rings is 1. The molecule has 0 radical (unpaired) electrons. The fourth-order valence-electron chi connectivity index (χ4n) is 2.85. The lowest BCUT2D eigenvalue weighted by Gasteiger charge is -2.34. The minimum Gasteiger partial charge on any atom is -0.467 e. The second-order valence-electron chi connectivity index (χ2n) is 6.72. The second-order valence-corrected chi connectivity index (χ2v) is 6.72. The van der Waals surface area contributed by atoms with Crippen LogP contribution in [0.5, 0.6) is 0 Å². The molecule has 24 heavy (non-hydrogen) atoms. The Balaban J connectivity index is 1.35. The molecule has 3 rings (SSSR count). The minimum absolute atomic E-state index is 0.0892. The van der Waals surface area contributed by atoms with Crippen LogP contribution in [0.25, 0.3) is 0 Å². The molecule has 2 fully saturated rings. The third kappa shape index (κ3) is 5.07. The molecule has 1 aromatic heterocycles. The summed E-state index contributed by atoms with van der Waals surface area (Å²) in [4.78, 5) is 30.1. The lowest BCUT2D eigenvalue weighted by molar-refractivity contribution is -0.132. The van der Waals surface area contributed by atoms with Crippen molar-refractivity contribution in [3.63, 3.8) is 0 Å². The quantitative estimate of drug-likeness (QED) is 0.768. The highest BCUT2D eigenvalue weighted by atomic mass is 16.3.